The number of carbonyl (C=O) groups is 1. The van der Waals surface area contributed by atoms with Gasteiger partial charge in [-0.3, -0.25) is 14.8 Å². The van der Waals surface area contributed by atoms with Crippen molar-refractivity contribution in [2.75, 3.05) is 0 Å². The average molecular weight is 375 g/mol. The third-order valence-electron chi connectivity index (χ3n) is 4.81. The van der Waals surface area contributed by atoms with Gasteiger partial charge >= 0.3 is 0 Å². The summed E-state index contributed by atoms with van der Waals surface area (Å²) in [5.74, 6) is -0.672. The van der Waals surface area contributed by atoms with Crippen molar-refractivity contribution in [1.29, 1.82) is 0 Å². The van der Waals surface area contributed by atoms with Gasteiger partial charge in [0.1, 0.15) is 28.8 Å². The molecule has 1 fully saturated rings. The molecule has 3 atom stereocenters. The van der Waals surface area contributed by atoms with Crippen LogP contribution in [0.25, 0.3) is 0 Å². The molecule has 1 saturated carbocycles. The van der Waals surface area contributed by atoms with Gasteiger partial charge in [0.05, 0.1) is 11.4 Å². The second kappa shape index (κ2) is 6.02. The van der Waals surface area contributed by atoms with E-state index in [0.717, 1.165) is 6.42 Å². The summed E-state index contributed by atoms with van der Waals surface area (Å²) in [7, 11) is 0. The molecule has 2 aliphatic rings. The van der Waals surface area contributed by atoms with Crippen LogP contribution in [0.4, 0.5) is 4.39 Å². The molecule has 3 heterocycles. The number of nitrogens with two attached hydrogens (primary N) is 1. The van der Waals surface area contributed by atoms with Crippen LogP contribution in [0.3, 0.4) is 0 Å². The van der Waals surface area contributed by atoms with Crippen molar-refractivity contribution in [3.05, 3.63) is 58.4 Å². The number of nitrogens with zero attached hydrogens (tertiary/aromatic N) is 3. The fourth-order valence-corrected chi connectivity index (χ4v) is 3.46. The molecule has 0 unspecified atom stereocenters. The molecule has 0 bridgehead atoms. The van der Waals surface area contributed by atoms with Crippen LogP contribution in [-0.2, 0) is 16.7 Å². The molecule has 2 N–H and O–H groups in total. The first-order chi connectivity index (χ1) is 12.4. The van der Waals surface area contributed by atoms with Crippen molar-refractivity contribution >= 4 is 23.4 Å². The number of hydrogen-bond acceptors (Lipinski definition) is 6. The molecule has 8 heteroatoms. The summed E-state index contributed by atoms with van der Waals surface area (Å²) in [4.78, 5) is 25.1. The lowest BCUT2D eigenvalue weighted by Crippen LogP contribution is -2.36. The molecule has 0 amide bonds. The lowest BCUT2D eigenvalue weighted by Gasteiger charge is -2.29. The minimum Gasteiger partial charge on any atom is -0.462 e. The smallest absolute Gasteiger partial charge is 0.283 e. The normalized spacial score (nSPS) is 26.5. The summed E-state index contributed by atoms with van der Waals surface area (Å²) in [6, 6.07) is 5.99. The van der Waals surface area contributed by atoms with Crippen molar-refractivity contribution in [3.63, 3.8) is 0 Å². The van der Waals surface area contributed by atoms with E-state index in [4.69, 9.17) is 22.1 Å². The first-order valence-electron chi connectivity index (χ1n) is 8.19. The van der Waals surface area contributed by atoms with Gasteiger partial charge in [-0.1, -0.05) is 11.6 Å². The predicted molar refractivity (Wildman–Crippen MR) is 93.4 cm³/mol. The SMILES string of the molecule is C[C@@]1(c2nc(CC(=O)c3ccc(Cl)cn3)ccc2F)N=C(N)O[C@H]2C[C@H]21. The molecule has 134 valence electrons. The predicted octanol–water partition coefficient (Wildman–Crippen LogP) is 2.64. The first-order valence-corrected chi connectivity index (χ1v) is 8.57. The monoisotopic (exact) mass is 374 g/mol. The molecular formula is C18H16ClFN4O2. The number of rotatable bonds is 4. The fourth-order valence-electron chi connectivity index (χ4n) is 3.35. The van der Waals surface area contributed by atoms with Crippen molar-refractivity contribution in [3.8, 4) is 0 Å². The number of Topliss-reactive ketones (excluding diaryl/α,β-unsaturated/α-hetero) is 1. The van der Waals surface area contributed by atoms with Crippen LogP contribution in [-0.4, -0.2) is 27.9 Å². The Kier molecular flexibility index (Phi) is 3.91. The van der Waals surface area contributed by atoms with Gasteiger partial charge in [-0.05, 0) is 37.6 Å². The van der Waals surface area contributed by atoms with Gasteiger partial charge in [0.25, 0.3) is 6.02 Å². The van der Waals surface area contributed by atoms with Crippen LogP contribution >= 0.6 is 11.6 Å². The Morgan fingerprint density at radius 2 is 2.23 bits per heavy atom. The molecule has 26 heavy (non-hydrogen) atoms. The highest BCUT2D eigenvalue weighted by molar-refractivity contribution is 6.30. The van der Waals surface area contributed by atoms with E-state index in [2.05, 4.69) is 15.0 Å². The second-order valence-electron chi connectivity index (χ2n) is 6.69. The van der Waals surface area contributed by atoms with Gasteiger partial charge < -0.3 is 10.5 Å². The van der Waals surface area contributed by atoms with Crippen LogP contribution in [0.5, 0.6) is 0 Å². The summed E-state index contributed by atoms with van der Waals surface area (Å²) >= 11 is 5.78. The highest BCUT2D eigenvalue weighted by Crippen LogP contribution is 2.52. The summed E-state index contributed by atoms with van der Waals surface area (Å²) in [6.07, 6.45) is 2.11. The molecule has 0 radical (unpaired) electrons. The largest absolute Gasteiger partial charge is 0.462 e. The summed E-state index contributed by atoms with van der Waals surface area (Å²) in [5, 5.41) is 0.450. The van der Waals surface area contributed by atoms with E-state index in [-0.39, 0.29) is 41.6 Å². The number of ketones is 1. The number of halogens is 2. The number of hydrogen-bond donors (Lipinski definition) is 1. The zero-order valence-corrected chi connectivity index (χ0v) is 14.7. The van der Waals surface area contributed by atoms with Gasteiger partial charge in [0.15, 0.2) is 5.78 Å². The molecule has 4 rings (SSSR count). The van der Waals surface area contributed by atoms with E-state index in [0.29, 0.717) is 10.7 Å². The molecule has 2 aromatic heterocycles. The van der Waals surface area contributed by atoms with Gasteiger partial charge in [-0.2, -0.15) is 0 Å². The molecule has 1 aliphatic carbocycles. The van der Waals surface area contributed by atoms with E-state index >= 15 is 0 Å². The van der Waals surface area contributed by atoms with Crippen molar-refractivity contribution < 1.29 is 13.9 Å². The number of ether oxygens (including phenoxy) is 1. The maximum Gasteiger partial charge on any atom is 0.283 e. The van der Waals surface area contributed by atoms with E-state index in [1.54, 1.807) is 19.1 Å². The zero-order valence-electron chi connectivity index (χ0n) is 13.9. The average Bonchev–Trinajstić information content (AvgIpc) is 3.37. The van der Waals surface area contributed by atoms with E-state index in [9.17, 15) is 9.18 Å². The topological polar surface area (TPSA) is 90.5 Å². The molecule has 2 aromatic rings. The fraction of sp³-hybridized carbons (Fsp3) is 0.333. The van der Waals surface area contributed by atoms with Crippen molar-refractivity contribution in [2.24, 2.45) is 16.6 Å². The number of aliphatic imine (C=N–C) groups is 1. The van der Waals surface area contributed by atoms with Crippen LogP contribution < -0.4 is 5.73 Å². The van der Waals surface area contributed by atoms with Gasteiger partial charge in [0.2, 0.25) is 0 Å². The Morgan fingerprint density at radius 1 is 1.42 bits per heavy atom. The molecule has 1 aliphatic heterocycles. The number of fused-ring (bicyclic) bond motifs is 1. The summed E-state index contributed by atoms with van der Waals surface area (Å²) < 4.78 is 19.9. The number of amidine groups is 1. The number of carbonyl (C=O) groups excluding carboxylic acids is 1. The third kappa shape index (κ3) is 2.92. The quantitative estimate of drug-likeness (QED) is 0.831. The Morgan fingerprint density at radius 3 is 2.96 bits per heavy atom. The lowest BCUT2D eigenvalue weighted by molar-refractivity contribution is 0.0986. The van der Waals surface area contributed by atoms with E-state index in [1.165, 1.54) is 18.3 Å². The van der Waals surface area contributed by atoms with Crippen molar-refractivity contribution in [2.45, 2.75) is 31.4 Å². The number of aromatic nitrogens is 2. The van der Waals surface area contributed by atoms with Crippen LogP contribution in [0.2, 0.25) is 5.02 Å². The van der Waals surface area contributed by atoms with E-state index in [1.807, 2.05) is 0 Å². The van der Waals surface area contributed by atoms with Crippen molar-refractivity contribution in [1.82, 2.24) is 9.97 Å². The Labute approximate surface area is 154 Å². The highest BCUT2D eigenvalue weighted by Gasteiger charge is 2.58. The van der Waals surface area contributed by atoms with Crippen LogP contribution in [0.15, 0.2) is 35.5 Å². The van der Waals surface area contributed by atoms with E-state index < -0.39 is 11.4 Å². The Hall–Kier alpha value is -2.54. The van der Waals surface area contributed by atoms with Gasteiger partial charge in [-0.25, -0.2) is 9.38 Å². The Balaban J connectivity index is 1.64. The maximum atomic E-state index is 14.5. The van der Waals surface area contributed by atoms with Gasteiger partial charge in [-0.15, -0.1) is 0 Å². The first kappa shape index (κ1) is 16.9. The molecule has 6 nitrogen and oxygen atoms in total. The highest BCUT2D eigenvalue weighted by atomic mass is 35.5. The second-order valence-corrected chi connectivity index (χ2v) is 7.13. The standard InChI is InChI=1S/C18H16ClFN4O2/c1-18(11-7-15(11)26-17(21)24-18)16-12(20)4-3-10(23-16)6-14(25)13-5-2-9(19)8-22-13/h2-5,8,11,15H,6-7H2,1H3,(H2,21,24)/t11-,15+,18-/m1/s1. The molecule has 0 saturated heterocycles. The lowest BCUT2D eigenvalue weighted by atomic mass is 9.90. The van der Waals surface area contributed by atoms with Crippen LogP contribution in [0, 0.1) is 11.7 Å². The summed E-state index contributed by atoms with van der Waals surface area (Å²) in [6.45, 7) is 1.80. The molecular weight excluding hydrogens is 359 g/mol. The minimum absolute atomic E-state index is 0.00177. The molecule has 0 spiro atoms. The zero-order chi connectivity index (χ0) is 18.5. The Bertz CT molecular complexity index is 918. The molecule has 0 aromatic carbocycles. The van der Waals surface area contributed by atoms with Gasteiger partial charge in [0, 0.05) is 17.8 Å². The maximum absolute atomic E-state index is 14.5. The number of pyridine rings is 2. The van der Waals surface area contributed by atoms with Crippen LogP contribution in [0.1, 0.15) is 35.2 Å². The third-order valence-corrected chi connectivity index (χ3v) is 5.03. The summed E-state index contributed by atoms with van der Waals surface area (Å²) in [5.41, 5.74) is 5.75. The minimum atomic E-state index is -0.894.